The first-order chi connectivity index (χ1) is 8.92. The summed E-state index contributed by atoms with van der Waals surface area (Å²) >= 11 is 0. The van der Waals surface area contributed by atoms with Gasteiger partial charge in [0.15, 0.2) is 9.84 Å². The monoisotopic (exact) mass is 283 g/mol. The van der Waals surface area contributed by atoms with Crippen LogP contribution in [0.15, 0.2) is 23.1 Å². The SMILES string of the molecule is Cc1c(N)cccc1S(=O)(=O)CCN1CCNC1=O. The fourth-order valence-corrected chi connectivity index (χ4v) is 3.58. The highest BCUT2D eigenvalue weighted by molar-refractivity contribution is 7.91. The van der Waals surface area contributed by atoms with Gasteiger partial charge in [0.2, 0.25) is 0 Å². The molecular weight excluding hydrogens is 266 g/mol. The number of hydrogen-bond donors (Lipinski definition) is 2. The molecule has 0 atom stereocenters. The zero-order valence-corrected chi connectivity index (χ0v) is 11.5. The summed E-state index contributed by atoms with van der Waals surface area (Å²) in [6.45, 7) is 2.99. The topological polar surface area (TPSA) is 92.5 Å². The summed E-state index contributed by atoms with van der Waals surface area (Å²) in [4.78, 5) is 13.1. The molecule has 0 saturated carbocycles. The highest BCUT2D eigenvalue weighted by Crippen LogP contribution is 2.21. The molecule has 6 nitrogen and oxygen atoms in total. The second-order valence-corrected chi connectivity index (χ2v) is 6.59. The third-order valence-corrected chi connectivity index (χ3v) is 5.07. The lowest BCUT2D eigenvalue weighted by atomic mass is 10.2. The van der Waals surface area contributed by atoms with Crippen LogP contribution in [0.4, 0.5) is 10.5 Å². The van der Waals surface area contributed by atoms with E-state index in [9.17, 15) is 13.2 Å². The summed E-state index contributed by atoms with van der Waals surface area (Å²) in [5.41, 5.74) is 6.74. The van der Waals surface area contributed by atoms with Crippen molar-refractivity contribution in [2.75, 3.05) is 31.1 Å². The first-order valence-corrected chi connectivity index (χ1v) is 7.67. The maximum absolute atomic E-state index is 12.3. The molecule has 1 fully saturated rings. The van der Waals surface area contributed by atoms with E-state index in [1.807, 2.05) is 0 Å². The van der Waals surface area contributed by atoms with Gasteiger partial charge in [-0.05, 0) is 24.6 Å². The van der Waals surface area contributed by atoms with Gasteiger partial charge in [-0.3, -0.25) is 0 Å². The van der Waals surface area contributed by atoms with Crippen molar-refractivity contribution in [1.29, 1.82) is 0 Å². The number of rotatable bonds is 4. The van der Waals surface area contributed by atoms with E-state index in [4.69, 9.17) is 5.73 Å². The van der Waals surface area contributed by atoms with Crippen molar-refractivity contribution in [2.24, 2.45) is 0 Å². The summed E-state index contributed by atoms with van der Waals surface area (Å²) in [7, 11) is -3.43. The molecular formula is C12H17N3O3S. The number of sulfone groups is 1. The van der Waals surface area contributed by atoms with Gasteiger partial charge < -0.3 is 16.0 Å². The fourth-order valence-electron chi connectivity index (χ4n) is 2.03. The standard InChI is InChI=1S/C12H17N3O3S/c1-9-10(13)3-2-4-11(9)19(17,18)8-7-15-6-5-14-12(15)16/h2-4H,5-8,13H2,1H3,(H,14,16). The predicted molar refractivity (Wildman–Crippen MR) is 72.6 cm³/mol. The van der Waals surface area contributed by atoms with E-state index in [-0.39, 0.29) is 23.2 Å². The molecule has 1 aromatic rings. The predicted octanol–water partition coefficient (Wildman–Crippen LogP) is 0.376. The van der Waals surface area contributed by atoms with Gasteiger partial charge in [0.05, 0.1) is 10.6 Å². The van der Waals surface area contributed by atoms with Crippen molar-refractivity contribution in [3.63, 3.8) is 0 Å². The summed E-state index contributed by atoms with van der Waals surface area (Å²) in [6.07, 6.45) is 0. The highest BCUT2D eigenvalue weighted by Gasteiger charge is 2.24. The van der Waals surface area contributed by atoms with E-state index in [2.05, 4.69) is 5.32 Å². The second-order valence-electron chi connectivity index (χ2n) is 4.51. The minimum absolute atomic E-state index is 0.0925. The molecule has 0 aromatic heterocycles. The van der Waals surface area contributed by atoms with E-state index < -0.39 is 9.84 Å². The number of nitrogens with zero attached hydrogens (tertiary/aromatic N) is 1. The zero-order chi connectivity index (χ0) is 14.0. The van der Waals surface area contributed by atoms with E-state index >= 15 is 0 Å². The third kappa shape index (κ3) is 2.81. The van der Waals surface area contributed by atoms with Crippen molar-refractivity contribution >= 4 is 21.6 Å². The molecule has 2 amide bonds. The van der Waals surface area contributed by atoms with Crippen LogP contribution in [0.5, 0.6) is 0 Å². The van der Waals surface area contributed by atoms with Crippen LogP contribution in [-0.2, 0) is 9.84 Å². The Morgan fingerprint density at radius 2 is 2.16 bits per heavy atom. The van der Waals surface area contributed by atoms with Crippen LogP contribution < -0.4 is 11.1 Å². The molecule has 3 N–H and O–H groups in total. The van der Waals surface area contributed by atoms with Crippen LogP contribution in [0.2, 0.25) is 0 Å². The van der Waals surface area contributed by atoms with Gasteiger partial charge in [-0.1, -0.05) is 6.07 Å². The van der Waals surface area contributed by atoms with E-state index in [1.54, 1.807) is 25.1 Å². The van der Waals surface area contributed by atoms with E-state index in [0.717, 1.165) is 0 Å². The van der Waals surface area contributed by atoms with Crippen molar-refractivity contribution in [3.8, 4) is 0 Å². The third-order valence-electron chi connectivity index (χ3n) is 3.24. The highest BCUT2D eigenvalue weighted by atomic mass is 32.2. The number of urea groups is 1. The Morgan fingerprint density at radius 3 is 2.79 bits per heavy atom. The van der Waals surface area contributed by atoms with Crippen LogP contribution >= 0.6 is 0 Å². The average Bonchev–Trinajstić information content (AvgIpc) is 2.76. The lowest BCUT2D eigenvalue weighted by Crippen LogP contribution is -2.32. The molecule has 0 radical (unpaired) electrons. The van der Waals surface area contributed by atoms with Crippen molar-refractivity contribution in [2.45, 2.75) is 11.8 Å². The molecule has 1 saturated heterocycles. The van der Waals surface area contributed by atoms with Gasteiger partial charge in [0.1, 0.15) is 0 Å². The van der Waals surface area contributed by atoms with Gasteiger partial charge in [0.25, 0.3) is 0 Å². The Kier molecular flexibility index (Phi) is 3.66. The maximum atomic E-state index is 12.3. The summed E-state index contributed by atoms with van der Waals surface area (Å²) in [5.74, 6) is -0.0925. The normalized spacial score (nSPS) is 15.6. The molecule has 19 heavy (non-hydrogen) atoms. The minimum atomic E-state index is -3.43. The van der Waals surface area contributed by atoms with Crippen LogP contribution in [0, 0.1) is 6.92 Å². The van der Waals surface area contributed by atoms with Crippen molar-refractivity contribution in [3.05, 3.63) is 23.8 Å². The molecule has 1 heterocycles. The van der Waals surface area contributed by atoms with Crippen molar-refractivity contribution < 1.29 is 13.2 Å². The average molecular weight is 283 g/mol. The smallest absolute Gasteiger partial charge is 0.317 e. The van der Waals surface area contributed by atoms with E-state index in [0.29, 0.717) is 24.3 Å². The molecule has 1 aliphatic rings. The number of benzene rings is 1. The number of nitrogens with two attached hydrogens (primary N) is 1. The number of anilines is 1. The Bertz CT molecular complexity index is 598. The van der Waals surface area contributed by atoms with Gasteiger partial charge in [-0.15, -0.1) is 0 Å². The number of carbonyl (C=O) groups is 1. The van der Waals surface area contributed by atoms with Gasteiger partial charge in [-0.2, -0.15) is 0 Å². The molecule has 0 bridgehead atoms. The first kappa shape index (κ1) is 13.7. The number of amides is 2. The van der Waals surface area contributed by atoms with Gasteiger partial charge in [-0.25, -0.2) is 13.2 Å². The molecule has 7 heteroatoms. The quantitative estimate of drug-likeness (QED) is 0.781. The maximum Gasteiger partial charge on any atom is 0.317 e. The number of hydrogen-bond acceptors (Lipinski definition) is 4. The minimum Gasteiger partial charge on any atom is -0.398 e. The molecule has 1 aliphatic heterocycles. The molecule has 0 unspecified atom stereocenters. The van der Waals surface area contributed by atoms with Gasteiger partial charge >= 0.3 is 6.03 Å². The van der Waals surface area contributed by atoms with Crippen LogP contribution in [0.3, 0.4) is 0 Å². The second kappa shape index (κ2) is 5.08. The molecule has 0 spiro atoms. The zero-order valence-electron chi connectivity index (χ0n) is 10.7. The fraction of sp³-hybridized carbons (Fsp3) is 0.417. The van der Waals surface area contributed by atoms with Crippen molar-refractivity contribution in [1.82, 2.24) is 10.2 Å². The Hall–Kier alpha value is -1.76. The lowest BCUT2D eigenvalue weighted by molar-refractivity contribution is 0.220. The molecule has 104 valence electrons. The summed E-state index contributed by atoms with van der Waals surface area (Å²) < 4.78 is 24.5. The van der Waals surface area contributed by atoms with Gasteiger partial charge in [0, 0.05) is 25.3 Å². The van der Waals surface area contributed by atoms with Crippen LogP contribution in [0.25, 0.3) is 0 Å². The van der Waals surface area contributed by atoms with E-state index in [1.165, 1.54) is 4.90 Å². The first-order valence-electron chi connectivity index (χ1n) is 6.02. The Morgan fingerprint density at radius 1 is 1.42 bits per heavy atom. The van der Waals surface area contributed by atoms with Crippen LogP contribution in [0.1, 0.15) is 5.56 Å². The summed E-state index contributed by atoms with van der Waals surface area (Å²) in [6, 6.07) is 4.63. The Balaban J connectivity index is 2.14. The Labute approximate surface area is 112 Å². The number of nitrogens with one attached hydrogen (secondary N) is 1. The van der Waals surface area contributed by atoms with Crippen LogP contribution in [-0.4, -0.2) is 44.7 Å². The lowest BCUT2D eigenvalue weighted by Gasteiger charge is -2.15. The molecule has 2 rings (SSSR count). The largest absolute Gasteiger partial charge is 0.398 e. The number of carbonyl (C=O) groups excluding carboxylic acids is 1. The molecule has 1 aromatic carbocycles. The number of nitrogen functional groups attached to an aromatic ring is 1. The summed E-state index contributed by atoms with van der Waals surface area (Å²) in [5, 5.41) is 2.64. The molecule has 0 aliphatic carbocycles.